The second-order valence-corrected chi connectivity index (χ2v) is 13.5. The van der Waals surface area contributed by atoms with Crippen molar-refractivity contribution in [3.8, 4) is 0 Å². The summed E-state index contributed by atoms with van der Waals surface area (Å²) in [4.78, 5) is 11.8. The fraction of sp³-hybridized carbons (Fsp3) is 0.897. The van der Waals surface area contributed by atoms with Gasteiger partial charge in [-0.05, 0) is 92.4 Å². The van der Waals surface area contributed by atoms with Crippen molar-refractivity contribution in [2.75, 3.05) is 13.2 Å². The maximum Gasteiger partial charge on any atom is 0.331 e. The summed E-state index contributed by atoms with van der Waals surface area (Å²) in [7, 11) is 0. The summed E-state index contributed by atoms with van der Waals surface area (Å²) in [6, 6.07) is 0. The SMILES string of the molecule is C[C@]12CC[C@H](O[C@@H]3O[C@H](CO)[C@@H](O)[C@H](O)[C@H]3O)CC1CC[C@@H]1C2CC[C@]2(C)[C@@H](C3=CC(=O)OC3)CC[C@]12O. The van der Waals surface area contributed by atoms with Crippen LogP contribution in [0.5, 0.6) is 0 Å². The molecule has 13 atom stereocenters. The van der Waals surface area contributed by atoms with E-state index >= 15 is 0 Å². The molecule has 9 heteroatoms. The van der Waals surface area contributed by atoms with E-state index in [-0.39, 0.29) is 34.7 Å². The number of ether oxygens (including phenoxy) is 3. The van der Waals surface area contributed by atoms with Gasteiger partial charge in [0.25, 0.3) is 0 Å². The first-order valence-corrected chi connectivity index (χ1v) is 14.6. The quantitative estimate of drug-likeness (QED) is 0.266. The number of hydrogen-bond acceptors (Lipinski definition) is 9. The Labute approximate surface area is 224 Å². The number of carbonyl (C=O) groups is 1. The van der Waals surface area contributed by atoms with E-state index in [0.29, 0.717) is 18.4 Å². The van der Waals surface area contributed by atoms with Gasteiger partial charge in [-0.15, -0.1) is 0 Å². The summed E-state index contributed by atoms with van der Waals surface area (Å²) >= 11 is 0. The summed E-state index contributed by atoms with van der Waals surface area (Å²) in [5, 5.41) is 52.6. The first kappa shape index (κ1) is 27.1. The van der Waals surface area contributed by atoms with E-state index in [1.165, 1.54) is 0 Å². The van der Waals surface area contributed by atoms with Crippen LogP contribution in [-0.4, -0.2) is 87.1 Å². The lowest BCUT2D eigenvalue weighted by Gasteiger charge is -2.64. The highest BCUT2D eigenvalue weighted by Crippen LogP contribution is 2.70. The molecule has 9 nitrogen and oxygen atoms in total. The Hall–Kier alpha value is -1.07. The minimum absolute atomic E-state index is 0.0823. The van der Waals surface area contributed by atoms with Gasteiger partial charge in [-0.3, -0.25) is 0 Å². The largest absolute Gasteiger partial charge is 0.458 e. The average Bonchev–Trinajstić information content (AvgIpc) is 3.44. The van der Waals surface area contributed by atoms with Gasteiger partial charge >= 0.3 is 5.97 Å². The second-order valence-electron chi connectivity index (χ2n) is 13.5. The van der Waals surface area contributed by atoms with E-state index in [4.69, 9.17) is 14.2 Å². The van der Waals surface area contributed by atoms with Crippen LogP contribution >= 0.6 is 0 Å². The molecule has 0 bridgehead atoms. The minimum Gasteiger partial charge on any atom is -0.458 e. The fourth-order valence-corrected chi connectivity index (χ4v) is 9.86. The van der Waals surface area contributed by atoms with Gasteiger partial charge in [0, 0.05) is 11.5 Å². The van der Waals surface area contributed by atoms with E-state index < -0.39 is 42.9 Å². The average molecular weight is 537 g/mol. The number of hydrogen-bond donors (Lipinski definition) is 5. The molecule has 38 heavy (non-hydrogen) atoms. The Kier molecular flexibility index (Phi) is 6.78. The smallest absolute Gasteiger partial charge is 0.331 e. The third kappa shape index (κ3) is 3.87. The normalized spacial score (nSPS) is 54.5. The molecule has 214 valence electrons. The molecule has 0 spiro atoms. The zero-order valence-electron chi connectivity index (χ0n) is 22.5. The van der Waals surface area contributed by atoms with Gasteiger partial charge in [-0.25, -0.2) is 4.79 Å². The van der Waals surface area contributed by atoms with Crippen LogP contribution < -0.4 is 0 Å². The van der Waals surface area contributed by atoms with Gasteiger partial charge in [0.05, 0.1) is 18.3 Å². The van der Waals surface area contributed by atoms with Crippen molar-refractivity contribution in [1.29, 1.82) is 0 Å². The van der Waals surface area contributed by atoms with E-state index in [9.17, 15) is 30.3 Å². The van der Waals surface area contributed by atoms with Crippen molar-refractivity contribution >= 4 is 5.97 Å². The highest BCUT2D eigenvalue weighted by atomic mass is 16.7. The van der Waals surface area contributed by atoms with Gasteiger partial charge in [-0.2, -0.15) is 0 Å². The third-order valence-electron chi connectivity index (χ3n) is 12.1. The van der Waals surface area contributed by atoms with E-state index in [2.05, 4.69) is 13.8 Å². The van der Waals surface area contributed by atoms with Crippen molar-refractivity contribution in [3.63, 3.8) is 0 Å². The Bertz CT molecular complexity index is 968. The predicted octanol–water partition coefficient (Wildman–Crippen LogP) is 1.43. The number of carbonyl (C=O) groups excluding carboxylic acids is 1. The molecule has 4 saturated carbocycles. The van der Waals surface area contributed by atoms with Gasteiger partial charge in [0.15, 0.2) is 6.29 Å². The highest BCUT2D eigenvalue weighted by molar-refractivity contribution is 5.85. The monoisotopic (exact) mass is 536 g/mol. The highest BCUT2D eigenvalue weighted by Gasteiger charge is 2.67. The van der Waals surface area contributed by atoms with Gasteiger partial charge < -0.3 is 39.7 Å². The molecule has 6 aliphatic rings. The Morgan fingerprint density at radius 3 is 2.47 bits per heavy atom. The number of cyclic esters (lactones) is 1. The van der Waals surface area contributed by atoms with Crippen molar-refractivity contribution in [2.24, 2.45) is 34.5 Å². The molecule has 0 aromatic heterocycles. The lowest BCUT2D eigenvalue weighted by Crippen LogP contribution is -2.63. The maximum atomic E-state index is 12.4. The summed E-state index contributed by atoms with van der Waals surface area (Å²) in [5.41, 5.74) is 0.141. The Morgan fingerprint density at radius 1 is 0.974 bits per heavy atom. The third-order valence-corrected chi connectivity index (χ3v) is 12.1. The Balaban J connectivity index is 1.15. The van der Waals surface area contributed by atoms with E-state index in [1.54, 1.807) is 6.08 Å². The summed E-state index contributed by atoms with van der Waals surface area (Å²) < 4.78 is 17.0. The summed E-state index contributed by atoms with van der Waals surface area (Å²) in [6.45, 7) is 4.52. The number of aliphatic hydroxyl groups excluding tert-OH is 4. The standard InChI is InChI=1S/C29H44O9/c1-27-8-5-17(37-26-25(34)24(33)23(32)21(13-30)38-26)12-16(27)3-4-20-19(27)6-9-28(2)18(7-10-29(20,28)35)15-11-22(31)36-14-15/h11,16-21,23-26,30,32-35H,3-10,12-14H2,1-2H3/t16?,17-,18+,19?,20+,21+,23+,24-,25+,26+,27-,28+,29-/m0/s1. The van der Waals surface area contributed by atoms with Gasteiger partial charge in [-0.1, -0.05) is 13.8 Å². The van der Waals surface area contributed by atoms with Crippen LogP contribution in [0.1, 0.15) is 71.6 Å². The molecule has 5 N–H and O–H groups in total. The van der Waals surface area contributed by atoms with E-state index in [0.717, 1.165) is 63.4 Å². The lowest BCUT2D eigenvalue weighted by atomic mass is 9.43. The molecule has 2 aliphatic heterocycles. The van der Waals surface area contributed by atoms with E-state index in [1.807, 2.05) is 0 Å². The molecule has 5 fully saturated rings. The van der Waals surface area contributed by atoms with Crippen LogP contribution in [0.25, 0.3) is 0 Å². The number of fused-ring (bicyclic) bond motifs is 5. The molecule has 4 aliphatic carbocycles. The predicted molar refractivity (Wildman–Crippen MR) is 134 cm³/mol. The molecular weight excluding hydrogens is 492 g/mol. The fourth-order valence-electron chi connectivity index (χ4n) is 9.86. The maximum absolute atomic E-state index is 12.4. The van der Waals surface area contributed by atoms with Crippen molar-refractivity contribution < 1.29 is 44.5 Å². The van der Waals surface area contributed by atoms with Crippen LogP contribution in [0.3, 0.4) is 0 Å². The molecule has 0 amide bonds. The van der Waals surface area contributed by atoms with Gasteiger partial charge in [0.1, 0.15) is 31.0 Å². The van der Waals surface area contributed by atoms with Crippen molar-refractivity contribution in [3.05, 3.63) is 11.6 Å². The molecule has 2 unspecified atom stereocenters. The van der Waals surface area contributed by atoms with Crippen LogP contribution in [0.15, 0.2) is 11.6 Å². The molecule has 0 aromatic rings. The zero-order valence-corrected chi connectivity index (χ0v) is 22.5. The van der Waals surface area contributed by atoms with Crippen LogP contribution in [-0.2, 0) is 19.0 Å². The van der Waals surface area contributed by atoms with Crippen LogP contribution in [0.4, 0.5) is 0 Å². The summed E-state index contributed by atoms with van der Waals surface area (Å²) in [5.74, 6) is 0.994. The zero-order chi connectivity index (χ0) is 27.0. The van der Waals surface area contributed by atoms with Gasteiger partial charge in [0.2, 0.25) is 0 Å². The first-order valence-electron chi connectivity index (χ1n) is 14.6. The van der Waals surface area contributed by atoms with Crippen LogP contribution in [0, 0.1) is 34.5 Å². The molecule has 0 radical (unpaired) electrons. The van der Waals surface area contributed by atoms with Crippen molar-refractivity contribution in [2.45, 2.75) is 114 Å². The molecule has 2 heterocycles. The Morgan fingerprint density at radius 2 is 1.76 bits per heavy atom. The molecular formula is C29H44O9. The second kappa shape index (κ2) is 9.50. The number of aliphatic hydroxyl groups is 5. The first-order chi connectivity index (χ1) is 18.0. The summed E-state index contributed by atoms with van der Waals surface area (Å²) in [6.07, 6.45) is 3.41. The molecule has 1 saturated heterocycles. The number of rotatable bonds is 4. The lowest BCUT2D eigenvalue weighted by molar-refractivity contribution is -0.317. The molecule has 6 rings (SSSR count). The minimum atomic E-state index is -1.44. The topological polar surface area (TPSA) is 146 Å². The number of esters is 1. The van der Waals surface area contributed by atoms with Crippen LogP contribution in [0.2, 0.25) is 0 Å². The van der Waals surface area contributed by atoms with Crippen molar-refractivity contribution in [1.82, 2.24) is 0 Å². The molecule has 0 aromatic carbocycles.